The van der Waals surface area contributed by atoms with Crippen molar-refractivity contribution in [3.05, 3.63) is 29.3 Å². The molecule has 0 saturated carbocycles. The highest BCUT2D eigenvalue weighted by molar-refractivity contribution is 7.89. The summed E-state index contributed by atoms with van der Waals surface area (Å²) in [5, 5.41) is 8.77. The van der Waals surface area contributed by atoms with Gasteiger partial charge in [0.05, 0.1) is 16.5 Å². The second kappa shape index (κ2) is 6.09. The van der Waals surface area contributed by atoms with Gasteiger partial charge in [-0.25, -0.2) is 13.1 Å². The van der Waals surface area contributed by atoms with Crippen molar-refractivity contribution in [2.45, 2.75) is 11.8 Å². The summed E-state index contributed by atoms with van der Waals surface area (Å²) >= 11 is 0. The van der Waals surface area contributed by atoms with E-state index in [1.54, 1.807) is 6.92 Å². The quantitative estimate of drug-likeness (QED) is 0.855. The minimum atomic E-state index is -3.60. The number of nitrogens with zero attached hydrogens (tertiary/aromatic N) is 1. The average Bonchev–Trinajstić information content (AvgIpc) is 2.28. The maximum atomic E-state index is 11.9. The van der Waals surface area contributed by atoms with Gasteiger partial charge in [0.25, 0.3) is 0 Å². The lowest BCUT2D eigenvalue weighted by Gasteiger charge is -2.07. The minimum Gasteiger partial charge on any atom is -0.260 e. The number of sulfonamides is 1. The Morgan fingerprint density at radius 3 is 2.61 bits per heavy atom. The Morgan fingerprint density at radius 1 is 1.44 bits per heavy atom. The highest BCUT2D eigenvalue weighted by Gasteiger charge is 2.14. The van der Waals surface area contributed by atoms with Crippen molar-refractivity contribution >= 4 is 20.8 Å². The summed E-state index contributed by atoms with van der Waals surface area (Å²) in [7, 11) is -4.63. The molecule has 0 bridgehead atoms. The molecule has 1 N–H and O–H groups in total. The summed E-state index contributed by atoms with van der Waals surface area (Å²) in [6, 6.07) is 6.28. The van der Waals surface area contributed by atoms with Crippen molar-refractivity contribution in [2.75, 3.05) is 18.6 Å². The zero-order valence-corrected chi connectivity index (χ0v) is 11.8. The molecule has 1 rings (SSSR count). The van der Waals surface area contributed by atoms with Crippen LogP contribution in [-0.2, 0) is 20.8 Å². The molecule has 1 unspecified atom stereocenters. The molecule has 0 heterocycles. The van der Waals surface area contributed by atoms with Gasteiger partial charge in [0.15, 0.2) is 0 Å². The molecule has 1 atom stereocenters. The van der Waals surface area contributed by atoms with E-state index >= 15 is 0 Å². The van der Waals surface area contributed by atoms with E-state index in [9.17, 15) is 12.6 Å². The second-order valence-corrected chi connectivity index (χ2v) is 7.09. The van der Waals surface area contributed by atoms with Crippen molar-refractivity contribution in [1.82, 2.24) is 4.72 Å². The van der Waals surface area contributed by atoms with Crippen LogP contribution in [0.3, 0.4) is 0 Å². The standard InChI is InChI=1S/C11H14N2O3S2/c1-9-7-11(4-3-10(9)8-12)18(15,16)13-5-6-17(2)14/h3-4,7,13H,5-6H2,1-2H3. The fourth-order valence-electron chi connectivity index (χ4n) is 1.33. The molecule has 0 aliphatic rings. The highest BCUT2D eigenvalue weighted by Crippen LogP contribution is 2.14. The molecule has 0 radical (unpaired) electrons. The van der Waals surface area contributed by atoms with Crippen molar-refractivity contribution in [1.29, 1.82) is 5.26 Å². The van der Waals surface area contributed by atoms with E-state index in [0.717, 1.165) is 0 Å². The molecular formula is C11H14N2O3S2. The molecule has 0 saturated heterocycles. The largest absolute Gasteiger partial charge is 0.260 e. The third-order valence-electron chi connectivity index (χ3n) is 2.31. The zero-order valence-electron chi connectivity index (χ0n) is 10.1. The lowest BCUT2D eigenvalue weighted by molar-refractivity contribution is 0.584. The molecule has 1 aromatic rings. The summed E-state index contributed by atoms with van der Waals surface area (Å²) in [5.41, 5.74) is 1.06. The Balaban J connectivity index is 2.89. The van der Waals surface area contributed by atoms with Gasteiger partial charge in [-0.15, -0.1) is 0 Å². The highest BCUT2D eigenvalue weighted by atomic mass is 32.2. The maximum absolute atomic E-state index is 11.9. The molecule has 1 aromatic carbocycles. The van der Waals surface area contributed by atoms with Crippen LogP contribution in [0, 0.1) is 18.3 Å². The smallest absolute Gasteiger partial charge is 0.240 e. The van der Waals surface area contributed by atoms with Crippen LogP contribution >= 0.6 is 0 Å². The third-order valence-corrected chi connectivity index (χ3v) is 4.55. The minimum absolute atomic E-state index is 0.112. The van der Waals surface area contributed by atoms with Gasteiger partial charge in [0.1, 0.15) is 0 Å². The number of hydrogen-bond acceptors (Lipinski definition) is 4. The first kappa shape index (κ1) is 14.8. The Bertz CT molecular complexity index is 603. The summed E-state index contributed by atoms with van der Waals surface area (Å²) in [5.74, 6) is 0.272. The van der Waals surface area contributed by atoms with Crippen LogP contribution in [0.1, 0.15) is 11.1 Å². The van der Waals surface area contributed by atoms with E-state index in [1.807, 2.05) is 6.07 Å². The Labute approximate surface area is 109 Å². The molecule has 0 aliphatic carbocycles. The van der Waals surface area contributed by atoms with Crippen LogP contribution in [-0.4, -0.2) is 31.2 Å². The van der Waals surface area contributed by atoms with Gasteiger partial charge in [0, 0.05) is 29.4 Å². The van der Waals surface area contributed by atoms with Gasteiger partial charge in [-0.3, -0.25) is 4.21 Å². The van der Waals surface area contributed by atoms with Gasteiger partial charge in [-0.05, 0) is 30.7 Å². The fourth-order valence-corrected chi connectivity index (χ4v) is 2.97. The molecule has 0 aliphatic heterocycles. The van der Waals surface area contributed by atoms with E-state index in [4.69, 9.17) is 5.26 Å². The maximum Gasteiger partial charge on any atom is 0.240 e. The summed E-state index contributed by atoms with van der Waals surface area (Å²) in [4.78, 5) is 0.112. The SMILES string of the molecule is Cc1cc(S(=O)(=O)NCCS(C)=O)ccc1C#N. The van der Waals surface area contributed by atoms with Crippen LogP contribution in [0.2, 0.25) is 0 Å². The molecule has 5 nitrogen and oxygen atoms in total. The second-order valence-electron chi connectivity index (χ2n) is 3.76. The third kappa shape index (κ3) is 3.91. The van der Waals surface area contributed by atoms with Gasteiger partial charge in [0.2, 0.25) is 10.0 Å². The van der Waals surface area contributed by atoms with Gasteiger partial charge in [-0.1, -0.05) is 0 Å². The number of hydrogen-bond donors (Lipinski definition) is 1. The summed E-state index contributed by atoms with van der Waals surface area (Å²) in [6.45, 7) is 1.81. The molecular weight excluding hydrogens is 272 g/mol. The van der Waals surface area contributed by atoms with Crippen molar-refractivity contribution in [3.8, 4) is 6.07 Å². The lowest BCUT2D eigenvalue weighted by Crippen LogP contribution is -2.27. The van der Waals surface area contributed by atoms with Crippen LogP contribution in [0.4, 0.5) is 0 Å². The zero-order chi connectivity index (χ0) is 13.8. The average molecular weight is 286 g/mol. The van der Waals surface area contributed by atoms with E-state index in [0.29, 0.717) is 11.1 Å². The van der Waals surface area contributed by atoms with E-state index in [-0.39, 0.29) is 17.2 Å². The molecule has 0 spiro atoms. The van der Waals surface area contributed by atoms with E-state index in [1.165, 1.54) is 24.5 Å². The monoisotopic (exact) mass is 286 g/mol. The number of benzene rings is 1. The molecule has 0 amide bonds. The van der Waals surface area contributed by atoms with Gasteiger partial charge >= 0.3 is 0 Å². The first-order valence-corrected chi connectivity index (χ1v) is 8.38. The molecule has 7 heteroatoms. The normalized spacial score (nSPS) is 12.9. The molecule has 18 heavy (non-hydrogen) atoms. The van der Waals surface area contributed by atoms with Crippen molar-refractivity contribution < 1.29 is 12.6 Å². The number of aryl methyl sites for hydroxylation is 1. The van der Waals surface area contributed by atoms with E-state index < -0.39 is 20.8 Å². The molecule has 0 aromatic heterocycles. The van der Waals surface area contributed by atoms with Gasteiger partial charge in [-0.2, -0.15) is 5.26 Å². The first-order valence-electron chi connectivity index (χ1n) is 5.17. The number of rotatable bonds is 5. The Kier molecular flexibility index (Phi) is 5.02. The first-order chi connectivity index (χ1) is 8.36. The molecule has 0 fully saturated rings. The lowest BCUT2D eigenvalue weighted by atomic mass is 10.1. The molecule has 98 valence electrons. The van der Waals surface area contributed by atoms with E-state index in [2.05, 4.69) is 4.72 Å². The van der Waals surface area contributed by atoms with Crippen LogP contribution in [0.25, 0.3) is 0 Å². The van der Waals surface area contributed by atoms with Gasteiger partial charge < -0.3 is 0 Å². The van der Waals surface area contributed by atoms with Crippen LogP contribution in [0.15, 0.2) is 23.1 Å². The van der Waals surface area contributed by atoms with Crippen molar-refractivity contribution in [3.63, 3.8) is 0 Å². The fraction of sp³-hybridized carbons (Fsp3) is 0.364. The predicted octanol–water partition coefficient (Wildman–Crippen LogP) is 0.523. The summed E-state index contributed by atoms with van der Waals surface area (Å²) in [6.07, 6.45) is 1.51. The van der Waals surface area contributed by atoms with Crippen LogP contribution in [0.5, 0.6) is 0 Å². The van der Waals surface area contributed by atoms with Crippen molar-refractivity contribution in [2.24, 2.45) is 0 Å². The summed E-state index contributed by atoms with van der Waals surface area (Å²) < 4.78 is 37.0. The Morgan fingerprint density at radius 2 is 2.11 bits per heavy atom. The topological polar surface area (TPSA) is 87.0 Å². The van der Waals surface area contributed by atoms with Crippen LogP contribution < -0.4 is 4.72 Å². The number of nitriles is 1. The Hall–Kier alpha value is -1.23. The number of nitrogens with one attached hydrogen (secondary N) is 1. The predicted molar refractivity (Wildman–Crippen MR) is 70.0 cm³/mol.